The fraction of sp³-hybridized carbons (Fsp3) is 0.714. The normalized spacial score (nSPS) is 33.5. The largest absolute Gasteiger partial charge is 0.435 e. The minimum atomic E-state index is -4.48. The van der Waals surface area contributed by atoms with E-state index < -0.39 is 11.9 Å². The molecule has 1 amide bonds. The molecule has 2 N–H and O–H groups in total. The van der Waals surface area contributed by atoms with E-state index in [-0.39, 0.29) is 30.1 Å². The number of amides is 1. The molecule has 5 nitrogen and oxygen atoms in total. The zero-order valence-electron chi connectivity index (χ0n) is 11.9. The van der Waals surface area contributed by atoms with E-state index in [2.05, 4.69) is 4.98 Å². The highest BCUT2D eigenvalue weighted by molar-refractivity contribution is 5.80. The molecule has 1 aromatic heterocycles. The van der Waals surface area contributed by atoms with Crippen LogP contribution in [0, 0.1) is 17.8 Å². The standard InChI is InChI=1S/C14H17F3N4O/c15-14(16,17)12-11-5-20(1-2-21(11)6-19-12)13(22)9-4-10(18)8-3-7(8)9/h6-10H,1-5,18H2/t7-,8+,9-,10+/m0/s1. The van der Waals surface area contributed by atoms with Crippen molar-refractivity contribution in [1.29, 1.82) is 0 Å². The Balaban J connectivity index is 1.54. The first-order valence-corrected chi connectivity index (χ1v) is 7.52. The Bertz CT molecular complexity index is 626. The summed E-state index contributed by atoms with van der Waals surface area (Å²) in [6.45, 7) is 0.774. The molecular weight excluding hydrogens is 297 g/mol. The van der Waals surface area contributed by atoms with Gasteiger partial charge in [0.25, 0.3) is 0 Å². The summed E-state index contributed by atoms with van der Waals surface area (Å²) in [7, 11) is 0. The lowest BCUT2D eigenvalue weighted by molar-refractivity contribution is -0.144. The van der Waals surface area contributed by atoms with Crippen molar-refractivity contribution in [3.63, 3.8) is 0 Å². The molecule has 3 aliphatic rings. The van der Waals surface area contributed by atoms with Crippen LogP contribution in [-0.4, -0.2) is 32.9 Å². The second-order valence-electron chi connectivity index (χ2n) is 6.56. The Labute approximate surface area is 125 Å². The van der Waals surface area contributed by atoms with Gasteiger partial charge in [0.15, 0.2) is 5.69 Å². The van der Waals surface area contributed by atoms with Gasteiger partial charge in [-0.2, -0.15) is 13.2 Å². The zero-order chi connectivity index (χ0) is 15.6. The van der Waals surface area contributed by atoms with Crippen molar-refractivity contribution in [1.82, 2.24) is 14.5 Å². The Kier molecular flexibility index (Phi) is 2.85. The summed E-state index contributed by atoms with van der Waals surface area (Å²) < 4.78 is 40.4. The molecular formula is C14H17F3N4O. The van der Waals surface area contributed by atoms with Crippen molar-refractivity contribution in [2.24, 2.45) is 23.5 Å². The minimum Gasteiger partial charge on any atom is -0.335 e. The minimum absolute atomic E-state index is 0.0171. The average molecular weight is 314 g/mol. The number of aromatic nitrogens is 2. The molecule has 0 radical (unpaired) electrons. The van der Waals surface area contributed by atoms with Crippen LogP contribution < -0.4 is 5.73 Å². The predicted molar refractivity (Wildman–Crippen MR) is 70.3 cm³/mol. The predicted octanol–water partition coefficient (Wildman–Crippen LogP) is 1.23. The summed E-state index contributed by atoms with van der Waals surface area (Å²) in [6, 6.07) is 0.0694. The van der Waals surface area contributed by atoms with Gasteiger partial charge in [-0.15, -0.1) is 0 Å². The molecule has 2 fully saturated rings. The van der Waals surface area contributed by atoms with Gasteiger partial charge in [0.05, 0.1) is 18.6 Å². The summed E-state index contributed by atoms with van der Waals surface area (Å²) in [4.78, 5) is 17.7. The summed E-state index contributed by atoms with van der Waals surface area (Å²) in [5.74, 6) is 0.635. The van der Waals surface area contributed by atoms with Gasteiger partial charge >= 0.3 is 6.18 Å². The maximum absolute atomic E-state index is 13.0. The molecule has 1 aromatic rings. The Morgan fingerprint density at radius 2 is 2.05 bits per heavy atom. The van der Waals surface area contributed by atoms with Crippen LogP contribution in [0.1, 0.15) is 24.2 Å². The Morgan fingerprint density at radius 3 is 2.64 bits per heavy atom. The highest BCUT2D eigenvalue weighted by Crippen LogP contribution is 2.55. The SMILES string of the molecule is N[C@@H]1C[C@H](C(=O)N2CCn3cnc(C(F)(F)F)c3C2)[C@H]2C[C@H]21. The monoisotopic (exact) mass is 314 g/mol. The van der Waals surface area contributed by atoms with Gasteiger partial charge in [-0.1, -0.05) is 0 Å². The van der Waals surface area contributed by atoms with Crippen LogP contribution in [0.3, 0.4) is 0 Å². The topological polar surface area (TPSA) is 64.2 Å². The van der Waals surface area contributed by atoms with Gasteiger partial charge in [0, 0.05) is 25.0 Å². The van der Waals surface area contributed by atoms with Crippen LogP contribution >= 0.6 is 0 Å². The summed E-state index contributed by atoms with van der Waals surface area (Å²) in [5, 5.41) is 0. The van der Waals surface area contributed by atoms with Gasteiger partial charge in [-0.05, 0) is 24.7 Å². The van der Waals surface area contributed by atoms with E-state index in [9.17, 15) is 18.0 Å². The lowest BCUT2D eigenvalue weighted by Gasteiger charge is -2.31. The fourth-order valence-electron chi connectivity index (χ4n) is 4.03. The summed E-state index contributed by atoms with van der Waals surface area (Å²) >= 11 is 0. The molecule has 0 bridgehead atoms. The smallest absolute Gasteiger partial charge is 0.335 e. The van der Waals surface area contributed by atoms with Crippen LogP contribution in [0.25, 0.3) is 0 Å². The molecule has 0 unspecified atom stereocenters. The van der Waals surface area contributed by atoms with Crippen molar-refractivity contribution in [3.05, 3.63) is 17.7 Å². The number of fused-ring (bicyclic) bond motifs is 2. The van der Waals surface area contributed by atoms with E-state index in [1.54, 1.807) is 4.90 Å². The molecule has 4 rings (SSSR count). The number of alkyl halides is 3. The molecule has 8 heteroatoms. The molecule has 2 aliphatic carbocycles. The third-order valence-corrected chi connectivity index (χ3v) is 5.28. The number of imidazole rings is 1. The quantitative estimate of drug-likeness (QED) is 0.848. The van der Waals surface area contributed by atoms with Crippen molar-refractivity contribution >= 4 is 5.91 Å². The highest BCUT2D eigenvalue weighted by atomic mass is 19.4. The number of hydrogen-bond acceptors (Lipinski definition) is 3. The molecule has 0 spiro atoms. The molecule has 22 heavy (non-hydrogen) atoms. The summed E-state index contributed by atoms with van der Waals surface area (Å²) in [6.07, 6.45) is -1.63. The van der Waals surface area contributed by atoms with E-state index in [4.69, 9.17) is 5.73 Å². The number of carbonyl (C=O) groups excluding carboxylic acids is 1. The van der Waals surface area contributed by atoms with E-state index >= 15 is 0 Å². The molecule has 2 saturated carbocycles. The summed E-state index contributed by atoms with van der Waals surface area (Å²) in [5.41, 5.74) is 5.19. The van der Waals surface area contributed by atoms with Crippen molar-refractivity contribution in [2.75, 3.05) is 6.54 Å². The molecule has 2 heterocycles. The van der Waals surface area contributed by atoms with Gasteiger partial charge in [-0.3, -0.25) is 4.79 Å². The first-order valence-electron chi connectivity index (χ1n) is 7.52. The number of halogens is 3. The van der Waals surface area contributed by atoms with Crippen LogP contribution in [0.2, 0.25) is 0 Å². The maximum Gasteiger partial charge on any atom is 0.435 e. The molecule has 0 aromatic carbocycles. The molecule has 4 atom stereocenters. The maximum atomic E-state index is 13.0. The number of carbonyl (C=O) groups is 1. The molecule has 120 valence electrons. The lowest BCUT2D eigenvalue weighted by Crippen LogP contribution is -2.42. The van der Waals surface area contributed by atoms with E-state index in [1.165, 1.54) is 10.9 Å². The van der Waals surface area contributed by atoms with Crippen LogP contribution in [0.4, 0.5) is 13.2 Å². The average Bonchev–Trinajstić information content (AvgIpc) is 3.01. The Hall–Kier alpha value is -1.57. The third-order valence-electron chi connectivity index (χ3n) is 5.28. The first-order chi connectivity index (χ1) is 10.4. The fourth-order valence-corrected chi connectivity index (χ4v) is 4.03. The molecule has 1 aliphatic heterocycles. The number of rotatable bonds is 1. The van der Waals surface area contributed by atoms with Gasteiger partial charge in [0.1, 0.15) is 0 Å². The molecule has 0 saturated heterocycles. The highest BCUT2D eigenvalue weighted by Gasteiger charge is 2.56. The van der Waals surface area contributed by atoms with Crippen molar-refractivity contribution in [2.45, 2.75) is 38.1 Å². The van der Waals surface area contributed by atoms with E-state index in [1.807, 2.05) is 0 Å². The lowest BCUT2D eigenvalue weighted by atomic mass is 10.00. The number of nitrogens with zero attached hydrogens (tertiary/aromatic N) is 3. The van der Waals surface area contributed by atoms with E-state index in [0.29, 0.717) is 31.3 Å². The van der Waals surface area contributed by atoms with Gasteiger partial charge in [0.2, 0.25) is 5.91 Å². The second-order valence-corrected chi connectivity index (χ2v) is 6.56. The first kappa shape index (κ1) is 14.0. The van der Waals surface area contributed by atoms with Crippen LogP contribution in [0.15, 0.2) is 6.33 Å². The van der Waals surface area contributed by atoms with Gasteiger partial charge < -0.3 is 15.2 Å². The van der Waals surface area contributed by atoms with Crippen molar-refractivity contribution in [3.8, 4) is 0 Å². The number of nitrogens with two attached hydrogens (primary N) is 1. The van der Waals surface area contributed by atoms with E-state index in [0.717, 1.165) is 6.42 Å². The number of hydrogen-bond donors (Lipinski definition) is 1. The second kappa shape index (κ2) is 4.47. The van der Waals surface area contributed by atoms with Gasteiger partial charge in [-0.25, -0.2) is 4.98 Å². The van der Waals surface area contributed by atoms with Crippen molar-refractivity contribution < 1.29 is 18.0 Å². The van der Waals surface area contributed by atoms with Crippen LogP contribution in [0.5, 0.6) is 0 Å². The van der Waals surface area contributed by atoms with Crippen LogP contribution in [-0.2, 0) is 24.1 Å². The Morgan fingerprint density at radius 1 is 1.27 bits per heavy atom. The zero-order valence-corrected chi connectivity index (χ0v) is 11.9. The third kappa shape index (κ3) is 2.04.